The van der Waals surface area contributed by atoms with E-state index < -0.39 is 0 Å². The smallest absolute Gasteiger partial charge is 0.226 e. The molecule has 3 N–H and O–H groups in total. The van der Waals surface area contributed by atoms with Crippen LogP contribution >= 0.6 is 23.1 Å². The highest BCUT2D eigenvalue weighted by Crippen LogP contribution is 2.11. The molecule has 0 fully saturated rings. The van der Waals surface area contributed by atoms with Crippen LogP contribution in [-0.4, -0.2) is 28.9 Å². The zero-order valence-electron chi connectivity index (χ0n) is 9.53. The second-order valence-corrected chi connectivity index (χ2v) is 5.28. The molecule has 0 aliphatic heterocycles. The molecule has 1 amide bonds. The largest absolute Gasteiger partial charge is 0.375 e. The van der Waals surface area contributed by atoms with Crippen molar-refractivity contribution in [2.75, 3.05) is 17.7 Å². The number of nitrogens with two attached hydrogens (primary N) is 1. The summed E-state index contributed by atoms with van der Waals surface area (Å²) in [6, 6.07) is 0.249. The highest BCUT2D eigenvalue weighted by Gasteiger charge is 2.11. The molecular formula is C10H17N3OS2. The molecule has 1 aromatic heterocycles. The van der Waals surface area contributed by atoms with Gasteiger partial charge in [-0.05, 0) is 12.7 Å². The third kappa shape index (κ3) is 4.40. The fourth-order valence-corrected chi connectivity index (χ4v) is 2.59. The van der Waals surface area contributed by atoms with Gasteiger partial charge in [0.15, 0.2) is 5.13 Å². The zero-order valence-corrected chi connectivity index (χ0v) is 11.2. The number of amides is 1. The van der Waals surface area contributed by atoms with Gasteiger partial charge in [0.2, 0.25) is 5.91 Å². The van der Waals surface area contributed by atoms with Gasteiger partial charge in [0.05, 0.1) is 12.1 Å². The van der Waals surface area contributed by atoms with Crippen molar-refractivity contribution in [3.63, 3.8) is 0 Å². The van der Waals surface area contributed by atoms with E-state index in [1.165, 1.54) is 11.3 Å². The van der Waals surface area contributed by atoms with Crippen LogP contribution in [0.4, 0.5) is 5.13 Å². The van der Waals surface area contributed by atoms with E-state index in [-0.39, 0.29) is 11.9 Å². The predicted octanol–water partition coefficient (Wildman–Crippen LogP) is 1.53. The molecule has 1 atom stereocenters. The van der Waals surface area contributed by atoms with Crippen LogP contribution < -0.4 is 11.1 Å². The summed E-state index contributed by atoms with van der Waals surface area (Å²) in [7, 11) is 0. The number of aromatic nitrogens is 1. The van der Waals surface area contributed by atoms with Crippen molar-refractivity contribution in [2.45, 2.75) is 25.8 Å². The summed E-state index contributed by atoms with van der Waals surface area (Å²) >= 11 is 3.10. The second kappa shape index (κ2) is 6.75. The number of nitrogens with one attached hydrogen (secondary N) is 1. The third-order valence-corrected chi connectivity index (χ3v) is 3.60. The van der Waals surface area contributed by atoms with Crippen molar-refractivity contribution in [3.8, 4) is 0 Å². The van der Waals surface area contributed by atoms with E-state index in [2.05, 4.69) is 17.2 Å². The molecule has 0 saturated heterocycles. The molecule has 0 saturated carbocycles. The van der Waals surface area contributed by atoms with Crippen LogP contribution in [0.1, 0.15) is 19.0 Å². The Hall–Kier alpha value is -0.750. The lowest BCUT2D eigenvalue weighted by molar-refractivity contribution is -0.121. The third-order valence-electron chi connectivity index (χ3n) is 2.14. The second-order valence-electron chi connectivity index (χ2n) is 3.48. The first kappa shape index (κ1) is 13.3. The molecule has 4 nitrogen and oxygen atoms in total. The van der Waals surface area contributed by atoms with Crippen LogP contribution in [0.25, 0.3) is 0 Å². The molecule has 1 rings (SSSR count). The van der Waals surface area contributed by atoms with Crippen LogP contribution in [0.2, 0.25) is 0 Å². The highest BCUT2D eigenvalue weighted by molar-refractivity contribution is 7.98. The summed E-state index contributed by atoms with van der Waals surface area (Å²) < 4.78 is 0. The number of thioether (sulfide) groups is 1. The number of rotatable bonds is 6. The molecule has 6 heteroatoms. The summed E-state index contributed by atoms with van der Waals surface area (Å²) in [6.07, 6.45) is 3.31. The van der Waals surface area contributed by atoms with Gasteiger partial charge in [0.25, 0.3) is 0 Å². The standard InChI is InChI=1S/C10H17N3OS2/c1-3-7(5-15-2)12-9(14)4-8-6-16-10(11)13-8/h6-7H,3-5H2,1-2H3,(H2,11,13)(H,12,14). The van der Waals surface area contributed by atoms with Crippen molar-refractivity contribution >= 4 is 34.1 Å². The molecule has 1 unspecified atom stereocenters. The normalized spacial score (nSPS) is 12.4. The molecule has 16 heavy (non-hydrogen) atoms. The molecule has 1 heterocycles. The number of anilines is 1. The number of thiazole rings is 1. The quantitative estimate of drug-likeness (QED) is 0.813. The minimum Gasteiger partial charge on any atom is -0.375 e. The summed E-state index contributed by atoms with van der Waals surface area (Å²) in [5.74, 6) is 0.966. The number of carbonyl (C=O) groups excluding carboxylic acids is 1. The number of hydrogen-bond donors (Lipinski definition) is 2. The molecule has 0 aliphatic carbocycles. The van der Waals surface area contributed by atoms with Crippen LogP contribution in [-0.2, 0) is 11.2 Å². The van der Waals surface area contributed by atoms with Gasteiger partial charge in [-0.15, -0.1) is 11.3 Å². The molecule has 90 valence electrons. The summed E-state index contributed by atoms with van der Waals surface area (Å²) in [4.78, 5) is 15.7. The minimum absolute atomic E-state index is 0.0196. The van der Waals surface area contributed by atoms with E-state index >= 15 is 0 Å². The van der Waals surface area contributed by atoms with Gasteiger partial charge in [0, 0.05) is 17.2 Å². The Morgan fingerprint density at radius 1 is 1.75 bits per heavy atom. The van der Waals surface area contributed by atoms with Crippen molar-refractivity contribution in [3.05, 3.63) is 11.1 Å². The molecule has 0 spiro atoms. The molecule has 0 aliphatic rings. The van der Waals surface area contributed by atoms with Crippen LogP contribution in [0, 0.1) is 0 Å². The van der Waals surface area contributed by atoms with Gasteiger partial charge in [-0.25, -0.2) is 4.98 Å². The fourth-order valence-electron chi connectivity index (χ4n) is 1.31. The number of nitrogens with zero attached hydrogens (tertiary/aromatic N) is 1. The van der Waals surface area contributed by atoms with Crippen molar-refractivity contribution < 1.29 is 4.79 Å². The lowest BCUT2D eigenvalue weighted by Gasteiger charge is -2.15. The van der Waals surface area contributed by atoms with Gasteiger partial charge >= 0.3 is 0 Å². The maximum Gasteiger partial charge on any atom is 0.226 e. The lowest BCUT2D eigenvalue weighted by Crippen LogP contribution is -2.37. The maximum atomic E-state index is 11.7. The van der Waals surface area contributed by atoms with Crippen molar-refractivity contribution in [2.24, 2.45) is 0 Å². The molecule has 1 aromatic rings. The van der Waals surface area contributed by atoms with Gasteiger partial charge in [-0.3, -0.25) is 4.79 Å². The Kier molecular flexibility index (Phi) is 5.62. The zero-order chi connectivity index (χ0) is 12.0. The first-order valence-corrected chi connectivity index (χ1v) is 7.41. The first-order chi connectivity index (χ1) is 7.65. The predicted molar refractivity (Wildman–Crippen MR) is 70.8 cm³/mol. The summed E-state index contributed by atoms with van der Waals surface area (Å²) in [5, 5.41) is 5.33. The SMILES string of the molecule is CCC(CSC)NC(=O)Cc1csc(N)n1. The van der Waals surface area contributed by atoms with E-state index in [1.807, 2.05) is 11.6 Å². The van der Waals surface area contributed by atoms with Gasteiger partial charge < -0.3 is 11.1 Å². The Bertz CT molecular complexity index is 341. The number of carbonyl (C=O) groups is 1. The van der Waals surface area contributed by atoms with E-state index in [9.17, 15) is 4.79 Å². The lowest BCUT2D eigenvalue weighted by atomic mass is 10.2. The Morgan fingerprint density at radius 2 is 2.50 bits per heavy atom. The van der Waals surface area contributed by atoms with E-state index in [0.29, 0.717) is 11.6 Å². The van der Waals surface area contributed by atoms with Crippen LogP contribution in [0.5, 0.6) is 0 Å². The van der Waals surface area contributed by atoms with Crippen LogP contribution in [0.15, 0.2) is 5.38 Å². The van der Waals surface area contributed by atoms with Crippen molar-refractivity contribution in [1.29, 1.82) is 0 Å². The Labute approximate surface area is 104 Å². The summed E-state index contributed by atoms with van der Waals surface area (Å²) in [5.41, 5.74) is 6.25. The Balaban J connectivity index is 2.40. The van der Waals surface area contributed by atoms with Crippen molar-refractivity contribution in [1.82, 2.24) is 10.3 Å². The van der Waals surface area contributed by atoms with E-state index in [4.69, 9.17) is 5.73 Å². The Morgan fingerprint density at radius 3 is 3.00 bits per heavy atom. The number of hydrogen-bond acceptors (Lipinski definition) is 5. The van der Waals surface area contributed by atoms with Gasteiger partial charge in [-0.1, -0.05) is 6.92 Å². The van der Waals surface area contributed by atoms with E-state index in [0.717, 1.165) is 17.9 Å². The van der Waals surface area contributed by atoms with Gasteiger partial charge in [0.1, 0.15) is 0 Å². The maximum absolute atomic E-state index is 11.7. The highest BCUT2D eigenvalue weighted by atomic mass is 32.2. The average molecular weight is 259 g/mol. The van der Waals surface area contributed by atoms with Crippen LogP contribution in [0.3, 0.4) is 0 Å². The summed E-state index contributed by atoms with van der Waals surface area (Å²) in [6.45, 7) is 2.07. The number of nitrogen functional groups attached to an aromatic ring is 1. The average Bonchev–Trinajstić information content (AvgIpc) is 2.63. The first-order valence-electron chi connectivity index (χ1n) is 5.13. The monoisotopic (exact) mass is 259 g/mol. The van der Waals surface area contributed by atoms with E-state index in [1.54, 1.807) is 11.8 Å². The van der Waals surface area contributed by atoms with Gasteiger partial charge in [-0.2, -0.15) is 11.8 Å². The topological polar surface area (TPSA) is 68.0 Å². The molecule has 0 aromatic carbocycles. The fraction of sp³-hybridized carbons (Fsp3) is 0.600. The molecule has 0 radical (unpaired) electrons. The molecular weight excluding hydrogens is 242 g/mol. The molecule has 0 bridgehead atoms. The minimum atomic E-state index is 0.0196.